The summed E-state index contributed by atoms with van der Waals surface area (Å²) in [7, 11) is 1.31. The first-order valence-corrected chi connectivity index (χ1v) is 10.2. The third-order valence-electron chi connectivity index (χ3n) is 4.83. The number of nitrogens with zero attached hydrogens (tertiary/aromatic N) is 2. The fourth-order valence-electron chi connectivity index (χ4n) is 3.12. The summed E-state index contributed by atoms with van der Waals surface area (Å²) in [6, 6.07) is 6.83. The van der Waals surface area contributed by atoms with E-state index in [1.165, 1.54) is 18.4 Å². The third-order valence-corrected chi connectivity index (χ3v) is 6.02. The lowest BCUT2D eigenvalue weighted by Crippen LogP contribution is -2.13. The Morgan fingerprint density at radius 2 is 1.90 bits per heavy atom. The number of benzene rings is 1. The van der Waals surface area contributed by atoms with Crippen LogP contribution in [0, 0.1) is 13.8 Å². The van der Waals surface area contributed by atoms with Crippen LogP contribution in [0.1, 0.15) is 45.5 Å². The average Bonchev–Trinajstić information content (AvgIpc) is 3.50. The second-order valence-electron chi connectivity index (χ2n) is 7.02. The number of carbonyl (C=O) groups is 2. The minimum atomic E-state index is -0.453. The highest BCUT2D eigenvalue weighted by atomic mass is 32.1. The Morgan fingerprint density at radius 3 is 2.55 bits per heavy atom. The van der Waals surface area contributed by atoms with Crippen LogP contribution >= 0.6 is 11.3 Å². The minimum Gasteiger partial charge on any atom is -0.482 e. The molecule has 150 valence electrons. The van der Waals surface area contributed by atoms with Crippen LogP contribution in [0.4, 0.5) is 5.69 Å². The first-order chi connectivity index (χ1) is 14.0. The molecule has 1 N–H and O–H groups in total. The zero-order valence-corrected chi connectivity index (χ0v) is 17.3. The van der Waals surface area contributed by atoms with Crippen LogP contribution in [-0.2, 0) is 9.53 Å². The van der Waals surface area contributed by atoms with Crippen molar-refractivity contribution in [1.82, 2.24) is 9.97 Å². The van der Waals surface area contributed by atoms with Crippen molar-refractivity contribution < 1.29 is 19.1 Å². The normalized spacial score (nSPS) is 13.3. The third kappa shape index (κ3) is 4.07. The Balaban J connectivity index is 1.51. The van der Waals surface area contributed by atoms with Gasteiger partial charge in [-0.2, -0.15) is 0 Å². The number of ether oxygens (including phenoxy) is 2. The van der Waals surface area contributed by atoms with Gasteiger partial charge in [0, 0.05) is 17.0 Å². The lowest BCUT2D eigenvalue weighted by Gasteiger charge is -2.07. The number of amides is 1. The summed E-state index contributed by atoms with van der Waals surface area (Å²) in [6.07, 6.45) is 2.28. The smallest absolute Gasteiger partial charge is 0.343 e. The molecule has 1 amide bonds. The van der Waals surface area contributed by atoms with E-state index in [2.05, 4.69) is 15.0 Å². The molecular formula is C21H21N3O4S. The minimum absolute atomic E-state index is 0.160. The van der Waals surface area contributed by atoms with Crippen LogP contribution in [0.5, 0.6) is 5.75 Å². The van der Waals surface area contributed by atoms with Crippen LogP contribution in [0.15, 0.2) is 24.3 Å². The topological polar surface area (TPSA) is 90.4 Å². The average molecular weight is 411 g/mol. The molecule has 7 nitrogen and oxygen atoms in total. The Hall–Kier alpha value is -3.00. The van der Waals surface area contributed by atoms with Gasteiger partial charge in [-0.1, -0.05) is 0 Å². The number of fused-ring (bicyclic) bond motifs is 1. The lowest BCUT2D eigenvalue weighted by molar-refractivity contribution is -0.142. The number of hydrogen-bond donors (Lipinski definition) is 1. The Kier molecular flexibility index (Phi) is 5.19. The van der Waals surface area contributed by atoms with Gasteiger partial charge in [0.25, 0.3) is 5.91 Å². The molecule has 0 aliphatic heterocycles. The van der Waals surface area contributed by atoms with Crippen LogP contribution < -0.4 is 10.1 Å². The molecule has 1 aliphatic rings. The summed E-state index contributed by atoms with van der Waals surface area (Å²) in [6.45, 7) is 3.75. The molecule has 0 saturated heterocycles. The van der Waals surface area contributed by atoms with Crippen LogP contribution in [0.3, 0.4) is 0 Å². The maximum absolute atomic E-state index is 12.8. The first-order valence-electron chi connectivity index (χ1n) is 9.35. The van der Waals surface area contributed by atoms with Crippen molar-refractivity contribution in [3.05, 3.63) is 46.2 Å². The molecule has 0 spiro atoms. The van der Waals surface area contributed by atoms with E-state index in [0.29, 0.717) is 22.2 Å². The fraction of sp³-hybridized carbons (Fsp3) is 0.333. The molecule has 1 fully saturated rings. The van der Waals surface area contributed by atoms with Gasteiger partial charge in [0.05, 0.1) is 17.7 Å². The van der Waals surface area contributed by atoms with Gasteiger partial charge in [0.1, 0.15) is 16.4 Å². The number of thiophene rings is 1. The van der Waals surface area contributed by atoms with Crippen molar-refractivity contribution in [3.63, 3.8) is 0 Å². The number of carbonyl (C=O) groups excluding carboxylic acids is 2. The van der Waals surface area contributed by atoms with E-state index >= 15 is 0 Å². The van der Waals surface area contributed by atoms with E-state index in [4.69, 9.17) is 9.72 Å². The van der Waals surface area contributed by atoms with E-state index in [-0.39, 0.29) is 12.5 Å². The summed E-state index contributed by atoms with van der Waals surface area (Å²) in [5.74, 6) is 1.25. The molecular weight excluding hydrogens is 390 g/mol. The van der Waals surface area contributed by atoms with Crippen molar-refractivity contribution >= 4 is 39.1 Å². The van der Waals surface area contributed by atoms with E-state index in [1.54, 1.807) is 24.3 Å². The summed E-state index contributed by atoms with van der Waals surface area (Å²) in [5.41, 5.74) is 2.47. The van der Waals surface area contributed by atoms with E-state index in [9.17, 15) is 9.59 Å². The SMILES string of the molecule is COC(=O)COc1ccc(NC(=O)c2sc3nc(C4CC4)nc(C)c3c2C)cc1. The molecule has 1 aromatic carbocycles. The Morgan fingerprint density at radius 1 is 1.17 bits per heavy atom. The van der Waals surface area contributed by atoms with Crippen LogP contribution in [0.2, 0.25) is 0 Å². The van der Waals surface area contributed by atoms with E-state index in [1.807, 2.05) is 13.8 Å². The number of rotatable bonds is 6. The van der Waals surface area contributed by atoms with Crippen molar-refractivity contribution in [2.24, 2.45) is 0 Å². The maximum Gasteiger partial charge on any atom is 0.343 e. The maximum atomic E-state index is 12.8. The molecule has 0 unspecified atom stereocenters. The van der Waals surface area contributed by atoms with Crippen molar-refractivity contribution in [2.45, 2.75) is 32.6 Å². The first kappa shape index (κ1) is 19.3. The molecule has 4 rings (SSSR count). The molecule has 2 heterocycles. The molecule has 29 heavy (non-hydrogen) atoms. The van der Waals surface area contributed by atoms with Gasteiger partial charge in [-0.25, -0.2) is 14.8 Å². The number of esters is 1. The molecule has 8 heteroatoms. The highest BCUT2D eigenvalue weighted by Crippen LogP contribution is 2.40. The van der Waals surface area contributed by atoms with Gasteiger partial charge in [-0.3, -0.25) is 4.79 Å². The Labute approximate surface area is 172 Å². The number of aryl methyl sites for hydroxylation is 2. The summed E-state index contributed by atoms with van der Waals surface area (Å²) < 4.78 is 9.85. The van der Waals surface area contributed by atoms with E-state index < -0.39 is 5.97 Å². The van der Waals surface area contributed by atoms with Crippen LogP contribution in [-0.4, -0.2) is 35.6 Å². The lowest BCUT2D eigenvalue weighted by atomic mass is 10.1. The monoisotopic (exact) mass is 411 g/mol. The molecule has 0 radical (unpaired) electrons. The van der Waals surface area contributed by atoms with Gasteiger partial charge in [0.2, 0.25) is 0 Å². The molecule has 0 bridgehead atoms. The van der Waals surface area contributed by atoms with Gasteiger partial charge < -0.3 is 14.8 Å². The highest BCUT2D eigenvalue weighted by Gasteiger charge is 2.28. The largest absolute Gasteiger partial charge is 0.482 e. The number of nitrogens with one attached hydrogen (secondary N) is 1. The number of hydrogen-bond acceptors (Lipinski definition) is 7. The summed E-state index contributed by atoms with van der Waals surface area (Å²) in [5, 5.41) is 3.88. The van der Waals surface area contributed by atoms with Gasteiger partial charge in [-0.15, -0.1) is 11.3 Å². The second kappa shape index (κ2) is 7.79. The fourth-order valence-corrected chi connectivity index (χ4v) is 4.26. The van der Waals surface area contributed by atoms with Crippen molar-refractivity contribution in [3.8, 4) is 5.75 Å². The number of anilines is 1. The zero-order chi connectivity index (χ0) is 20.5. The molecule has 1 aliphatic carbocycles. The molecule has 0 atom stereocenters. The Bertz CT molecular complexity index is 1090. The van der Waals surface area contributed by atoms with Gasteiger partial charge >= 0.3 is 5.97 Å². The standard InChI is InChI=1S/C21H21N3O4S/c1-11-17-12(2)22-19(13-4-5-13)24-21(17)29-18(11)20(26)23-14-6-8-15(9-7-14)28-10-16(25)27-3/h6-9,13H,4-5,10H2,1-3H3,(H,23,26). The highest BCUT2D eigenvalue weighted by molar-refractivity contribution is 7.20. The number of aromatic nitrogens is 2. The summed E-state index contributed by atoms with van der Waals surface area (Å²) >= 11 is 1.40. The molecule has 3 aromatic rings. The van der Waals surface area contributed by atoms with E-state index in [0.717, 1.165) is 40.1 Å². The molecule has 2 aromatic heterocycles. The van der Waals surface area contributed by atoms with Gasteiger partial charge in [-0.05, 0) is 56.5 Å². The predicted octanol–water partition coefficient (Wildman–Crippen LogP) is 3.99. The zero-order valence-electron chi connectivity index (χ0n) is 16.4. The number of methoxy groups -OCH3 is 1. The second-order valence-corrected chi connectivity index (χ2v) is 8.02. The predicted molar refractivity (Wildman–Crippen MR) is 111 cm³/mol. The summed E-state index contributed by atoms with van der Waals surface area (Å²) in [4.78, 5) is 34.8. The van der Waals surface area contributed by atoms with Crippen LogP contribution in [0.25, 0.3) is 10.2 Å². The molecule has 1 saturated carbocycles. The van der Waals surface area contributed by atoms with Crippen molar-refractivity contribution in [2.75, 3.05) is 19.0 Å². The van der Waals surface area contributed by atoms with Gasteiger partial charge in [0.15, 0.2) is 6.61 Å². The quantitative estimate of drug-likeness (QED) is 0.617. The van der Waals surface area contributed by atoms with Crippen molar-refractivity contribution in [1.29, 1.82) is 0 Å².